The molecule has 1 aliphatic heterocycles. The molecular weight excluding hydrogens is 312 g/mol. The van der Waals surface area contributed by atoms with Crippen LogP contribution in [0, 0.1) is 6.92 Å². The molecule has 0 N–H and O–H groups in total. The Morgan fingerprint density at radius 2 is 1.76 bits per heavy atom. The van der Waals surface area contributed by atoms with E-state index in [1.165, 1.54) is 0 Å². The van der Waals surface area contributed by atoms with Crippen molar-refractivity contribution in [3.8, 4) is 0 Å². The van der Waals surface area contributed by atoms with Gasteiger partial charge < -0.3 is 9.80 Å². The fraction of sp³-hybridized carbons (Fsp3) is 0.700. The predicted octanol–water partition coefficient (Wildman–Crippen LogP) is 2.44. The lowest BCUT2D eigenvalue weighted by Gasteiger charge is -2.35. The molecule has 1 amide bonds. The van der Waals surface area contributed by atoms with Crippen molar-refractivity contribution < 1.29 is 4.79 Å². The van der Waals surface area contributed by atoms with Crippen molar-refractivity contribution in [1.82, 2.24) is 19.7 Å². The number of aromatic nitrogens is 1. The molecule has 1 fully saturated rings. The van der Waals surface area contributed by atoms with Gasteiger partial charge in [0, 0.05) is 51.5 Å². The lowest BCUT2D eigenvalue weighted by molar-refractivity contribution is 0.0707. The summed E-state index contributed by atoms with van der Waals surface area (Å²) < 4.78 is 0. The summed E-state index contributed by atoms with van der Waals surface area (Å²) in [6, 6.07) is 3.93. The van der Waals surface area contributed by atoms with Gasteiger partial charge in [0.2, 0.25) is 0 Å². The van der Waals surface area contributed by atoms with E-state index in [1.807, 2.05) is 24.0 Å². The van der Waals surface area contributed by atoms with Crippen LogP contribution in [-0.4, -0.2) is 77.9 Å². The van der Waals surface area contributed by atoms with Crippen LogP contribution in [0.4, 0.5) is 0 Å². The molecule has 2 rings (SSSR count). The summed E-state index contributed by atoms with van der Waals surface area (Å²) >= 11 is 0. The number of amides is 1. The van der Waals surface area contributed by atoms with Gasteiger partial charge in [-0.25, -0.2) is 0 Å². The van der Waals surface area contributed by atoms with Gasteiger partial charge in [0.1, 0.15) is 0 Å². The van der Waals surface area contributed by atoms with Gasteiger partial charge in [-0.15, -0.1) is 0 Å². The summed E-state index contributed by atoms with van der Waals surface area (Å²) in [4.78, 5) is 24.5. The molecule has 0 radical (unpaired) electrons. The van der Waals surface area contributed by atoms with Crippen LogP contribution >= 0.6 is 0 Å². The Kier molecular flexibility index (Phi) is 7.85. The second-order valence-electron chi connectivity index (χ2n) is 6.86. The van der Waals surface area contributed by atoms with Crippen molar-refractivity contribution in [2.75, 3.05) is 52.4 Å². The molecule has 5 nitrogen and oxygen atoms in total. The molecule has 140 valence electrons. The molecule has 0 saturated carbocycles. The molecule has 0 bridgehead atoms. The number of piperazine rings is 1. The Hall–Kier alpha value is -1.46. The Labute approximate surface area is 153 Å². The summed E-state index contributed by atoms with van der Waals surface area (Å²) in [5.74, 6) is 0.127. The first-order chi connectivity index (χ1) is 12.1. The highest BCUT2D eigenvalue weighted by atomic mass is 16.2. The van der Waals surface area contributed by atoms with Gasteiger partial charge >= 0.3 is 0 Å². The SMILES string of the molecule is CCCN(CCN1CCN(CC)CC1)C(=O)c1ccc(CC)nc1C. The van der Waals surface area contributed by atoms with Gasteiger partial charge in [-0.1, -0.05) is 20.8 Å². The Morgan fingerprint density at radius 3 is 2.32 bits per heavy atom. The maximum absolute atomic E-state index is 13.0. The number of rotatable bonds is 8. The van der Waals surface area contributed by atoms with Gasteiger partial charge in [-0.2, -0.15) is 0 Å². The summed E-state index contributed by atoms with van der Waals surface area (Å²) in [7, 11) is 0. The van der Waals surface area contributed by atoms with E-state index < -0.39 is 0 Å². The quantitative estimate of drug-likeness (QED) is 0.725. The third kappa shape index (κ3) is 5.51. The number of carbonyl (C=O) groups excluding carboxylic acids is 1. The highest BCUT2D eigenvalue weighted by molar-refractivity contribution is 5.95. The number of hydrogen-bond donors (Lipinski definition) is 0. The molecule has 5 heteroatoms. The second-order valence-corrected chi connectivity index (χ2v) is 6.86. The zero-order chi connectivity index (χ0) is 18.2. The smallest absolute Gasteiger partial charge is 0.255 e. The number of pyridine rings is 1. The second kappa shape index (κ2) is 9.88. The van der Waals surface area contributed by atoms with Crippen molar-refractivity contribution in [2.24, 2.45) is 0 Å². The first-order valence-electron chi connectivity index (χ1n) is 9.79. The number of likely N-dealkylation sites (N-methyl/N-ethyl adjacent to an activating group) is 1. The lowest BCUT2D eigenvalue weighted by atomic mass is 10.1. The van der Waals surface area contributed by atoms with Crippen molar-refractivity contribution in [3.05, 3.63) is 29.1 Å². The van der Waals surface area contributed by atoms with E-state index in [0.29, 0.717) is 0 Å². The topological polar surface area (TPSA) is 39.7 Å². The fourth-order valence-electron chi connectivity index (χ4n) is 3.38. The molecule has 0 atom stereocenters. The van der Waals surface area contributed by atoms with Crippen molar-refractivity contribution in [3.63, 3.8) is 0 Å². The molecule has 1 aliphatic rings. The van der Waals surface area contributed by atoms with E-state index in [1.54, 1.807) is 0 Å². The minimum absolute atomic E-state index is 0.127. The number of carbonyl (C=O) groups is 1. The molecule has 0 aliphatic carbocycles. The number of nitrogens with zero attached hydrogens (tertiary/aromatic N) is 4. The van der Waals surface area contributed by atoms with E-state index in [9.17, 15) is 4.79 Å². The minimum Gasteiger partial charge on any atom is -0.337 e. The first kappa shape index (κ1) is 19.9. The number of aryl methyl sites for hydroxylation is 2. The van der Waals surface area contributed by atoms with Crippen LogP contribution in [0.2, 0.25) is 0 Å². The van der Waals surface area contributed by atoms with Gasteiger partial charge in [0.15, 0.2) is 0 Å². The van der Waals surface area contributed by atoms with Crippen LogP contribution in [0.15, 0.2) is 12.1 Å². The molecule has 1 aromatic heterocycles. The third-order valence-corrected chi connectivity index (χ3v) is 5.12. The summed E-state index contributed by atoms with van der Waals surface area (Å²) in [5, 5.41) is 0. The average Bonchev–Trinajstić information content (AvgIpc) is 2.64. The van der Waals surface area contributed by atoms with Crippen molar-refractivity contribution in [2.45, 2.75) is 40.5 Å². The Morgan fingerprint density at radius 1 is 1.08 bits per heavy atom. The van der Waals surface area contributed by atoms with Crippen LogP contribution in [0.25, 0.3) is 0 Å². The fourth-order valence-corrected chi connectivity index (χ4v) is 3.38. The maximum Gasteiger partial charge on any atom is 0.255 e. The monoisotopic (exact) mass is 346 g/mol. The zero-order valence-corrected chi connectivity index (χ0v) is 16.4. The Balaban J connectivity index is 1.96. The van der Waals surface area contributed by atoms with Crippen LogP contribution in [0.5, 0.6) is 0 Å². The highest BCUT2D eigenvalue weighted by Gasteiger charge is 2.20. The zero-order valence-electron chi connectivity index (χ0n) is 16.4. The molecule has 1 aromatic rings. The summed E-state index contributed by atoms with van der Waals surface area (Å²) in [5.41, 5.74) is 2.65. The average molecular weight is 347 g/mol. The lowest BCUT2D eigenvalue weighted by Crippen LogP contribution is -2.48. The largest absolute Gasteiger partial charge is 0.337 e. The molecular formula is C20H34N4O. The molecule has 0 spiro atoms. The summed E-state index contributed by atoms with van der Waals surface area (Å²) in [6.07, 6.45) is 1.88. The Bertz CT molecular complexity index is 553. The van der Waals surface area contributed by atoms with Gasteiger partial charge in [0.05, 0.1) is 11.3 Å². The molecule has 0 unspecified atom stereocenters. The van der Waals surface area contributed by atoms with E-state index in [-0.39, 0.29) is 5.91 Å². The highest BCUT2D eigenvalue weighted by Crippen LogP contribution is 2.12. The molecule has 1 saturated heterocycles. The van der Waals surface area contributed by atoms with Gasteiger partial charge in [-0.05, 0) is 38.4 Å². The van der Waals surface area contributed by atoms with Crippen LogP contribution in [-0.2, 0) is 6.42 Å². The normalized spacial score (nSPS) is 16.2. The van der Waals surface area contributed by atoms with E-state index in [0.717, 1.165) is 82.2 Å². The predicted molar refractivity (Wildman–Crippen MR) is 103 cm³/mol. The third-order valence-electron chi connectivity index (χ3n) is 5.12. The van der Waals surface area contributed by atoms with Crippen molar-refractivity contribution >= 4 is 5.91 Å². The minimum atomic E-state index is 0.127. The van der Waals surface area contributed by atoms with E-state index in [4.69, 9.17) is 0 Å². The van der Waals surface area contributed by atoms with Gasteiger partial charge in [-0.3, -0.25) is 14.7 Å². The van der Waals surface area contributed by atoms with E-state index >= 15 is 0 Å². The van der Waals surface area contributed by atoms with Gasteiger partial charge in [0.25, 0.3) is 5.91 Å². The maximum atomic E-state index is 13.0. The number of hydrogen-bond acceptors (Lipinski definition) is 4. The summed E-state index contributed by atoms with van der Waals surface area (Å²) in [6.45, 7) is 16.6. The first-order valence-corrected chi connectivity index (χ1v) is 9.79. The van der Waals surface area contributed by atoms with Crippen LogP contribution < -0.4 is 0 Å². The molecule has 0 aromatic carbocycles. The van der Waals surface area contributed by atoms with Crippen molar-refractivity contribution in [1.29, 1.82) is 0 Å². The standard InChI is InChI=1S/C20H34N4O/c1-5-10-24(16-15-23-13-11-22(7-3)12-14-23)20(25)19-9-8-18(6-2)21-17(19)4/h8-9H,5-7,10-16H2,1-4H3. The van der Waals surface area contributed by atoms with E-state index in [2.05, 4.69) is 35.6 Å². The molecule has 25 heavy (non-hydrogen) atoms. The van der Waals surface area contributed by atoms with Crippen LogP contribution in [0.1, 0.15) is 48.9 Å². The molecule has 2 heterocycles. The van der Waals surface area contributed by atoms with Crippen LogP contribution in [0.3, 0.4) is 0 Å².